The van der Waals surface area contributed by atoms with E-state index in [1.54, 1.807) is 6.07 Å². The smallest absolute Gasteiger partial charge is 0.324 e. The van der Waals surface area contributed by atoms with E-state index < -0.39 is 17.8 Å². The van der Waals surface area contributed by atoms with Crippen molar-refractivity contribution >= 4 is 35.3 Å². The van der Waals surface area contributed by atoms with Gasteiger partial charge in [0.1, 0.15) is 5.82 Å². The molecule has 27 heavy (non-hydrogen) atoms. The first-order chi connectivity index (χ1) is 13.0. The van der Waals surface area contributed by atoms with Crippen LogP contribution in [0.15, 0.2) is 33.9 Å². The van der Waals surface area contributed by atoms with Crippen molar-refractivity contribution in [3.05, 3.63) is 36.0 Å². The van der Waals surface area contributed by atoms with Gasteiger partial charge in [0.15, 0.2) is 0 Å². The molecule has 1 aliphatic rings. The van der Waals surface area contributed by atoms with Crippen LogP contribution in [0.25, 0.3) is 0 Å². The Morgan fingerprint density at radius 2 is 2.15 bits per heavy atom. The lowest BCUT2D eigenvalue weighted by atomic mass is 10.3. The summed E-state index contributed by atoms with van der Waals surface area (Å²) in [5.74, 6) is -0.913. The molecule has 9 nitrogen and oxygen atoms in total. The first-order valence-corrected chi connectivity index (χ1v) is 9.08. The minimum atomic E-state index is -0.514. The van der Waals surface area contributed by atoms with Gasteiger partial charge in [-0.2, -0.15) is 0 Å². The number of imide groups is 1. The molecular weight excluding hydrogens is 377 g/mol. The van der Waals surface area contributed by atoms with Crippen molar-refractivity contribution in [2.75, 3.05) is 24.2 Å². The summed E-state index contributed by atoms with van der Waals surface area (Å²) >= 11 is 1.02. The van der Waals surface area contributed by atoms with Crippen molar-refractivity contribution in [2.24, 2.45) is 0 Å². The largest absolute Gasteiger partial charge is 0.416 e. The van der Waals surface area contributed by atoms with Crippen molar-refractivity contribution in [2.45, 2.75) is 18.1 Å². The Bertz CT molecular complexity index is 859. The van der Waals surface area contributed by atoms with Crippen LogP contribution >= 0.6 is 11.8 Å². The van der Waals surface area contributed by atoms with E-state index in [1.165, 1.54) is 23.1 Å². The standard InChI is InChI=1S/C16H16FN5O4S/c17-10-3-1-2-4-11(10)18-13(24)9-27-16-21-20-14(26-16)6-8-22-7-5-12(23)19-15(22)25/h1-4H,5-9H2,(H,18,24)(H,19,23,25). The number of hydrogen-bond donors (Lipinski definition) is 2. The lowest BCUT2D eigenvalue weighted by Crippen LogP contribution is -2.49. The molecule has 142 valence electrons. The van der Waals surface area contributed by atoms with Gasteiger partial charge in [0, 0.05) is 25.9 Å². The number of para-hydroxylation sites is 1. The lowest BCUT2D eigenvalue weighted by Gasteiger charge is -2.25. The molecule has 0 radical (unpaired) electrons. The molecule has 2 heterocycles. The number of rotatable bonds is 7. The molecule has 0 bridgehead atoms. The van der Waals surface area contributed by atoms with Crippen LogP contribution in [0.5, 0.6) is 0 Å². The summed E-state index contributed by atoms with van der Waals surface area (Å²) in [7, 11) is 0. The van der Waals surface area contributed by atoms with E-state index >= 15 is 0 Å². The molecular formula is C16H16FN5O4S. The SMILES string of the molecule is O=C1CCN(CCc2nnc(SCC(=O)Nc3ccccc3F)o2)C(=O)N1. The number of hydrogen-bond acceptors (Lipinski definition) is 7. The van der Waals surface area contributed by atoms with Crippen LogP contribution in [0.3, 0.4) is 0 Å². The molecule has 4 amide bonds. The van der Waals surface area contributed by atoms with Crippen LogP contribution in [0.4, 0.5) is 14.9 Å². The van der Waals surface area contributed by atoms with E-state index in [9.17, 15) is 18.8 Å². The predicted molar refractivity (Wildman–Crippen MR) is 93.5 cm³/mol. The van der Waals surface area contributed by atoms with Crippen LogP contribution in [0.1, 0.15) is 12.3 Å². The minimum Gasteiger partial charge on any atom is -0.416 e. The van der Waals surface area contributed by atoms with Gasteiger partial charge in [-0.25, -0.2) is 9.18 Å². The van der Waals surface area contributed by atoms with Gasteiger partial charge >= 0.3 is 6.03 Å². The molecule has 1 aliphatic heterocycles. The van der Waals surface area contributed by atoms with E-state index in [0.29, 0.717) is 25.4 Å². The Hall–Kier alpha value is -2.95. The maximum Gasteiger partial charge on any atom is 0.324 e. The number of amides is 4. The summed E-state index contributed by atoms with van der Waals surface area (Å²) in [5, 5.41) is 12.6. The third-order valence-electron chi connectivity index (χ3n) is 3.66. The number of anilines is 1. The Morgan fingerprint density at radius 1 is 1.33 bits per heavy atom. The average molecular weight is 393 g/mol. The Kier molecular flexibility index (Phi) is 6.01. The van der Waals surface area contributed by atoms with Gasteiger partial charge in [0.25, 0.3) is 5.22 Å². The van der Waals surface area contributed by atoms with Crippen molar-refractivity contribution in [3.63, 3.8) is 0 Å². The summed E-state index contributed by atoms with van der Waals surface area (Å²) < 4.78 is 18.9. The number of halogens is 1. The molecule has 0 aliphatic carbocycles. The highest BCUT2D eigenvalue weighted by Gasteiger charge is 2.23. The molecule has 1 saturated heterocycles. The van der Waals surface area contributed by atoms with Crippen LogP contribution in [-0.2, 0) is 16.0 Å². The van der Waals surface area contributed by atoms with Gasteiger partial charge < -0.3 is 14.6 Å². The fourth-order valence-corrected chi connectivity index (χ4v) is 2.90. The molecule has 1 aromatic carbocycles. The minimum absolute atomic E-state index is 0.0212. The fourth-order valence-electron chi connectivity index (χ4n) is 2.32. The maximum atomic E-state index is 13.5. The molecule has 1 aromatic heterocycles. The average Bonchev–Trinajstić information content (AvgIpc) is 3.09. The lowest BCUT2D eigenvalue weighted by molar-refractivity contribution is -0.121. The number of urea groups is 1. The summed E-state index contributed by atoms with van der Waals surface area (Å²) in [6.45, 7) is 0.676. The second-order valence-electron chi connectivity index (χ2n) is 5.62. The Balaban J connectivity index is 1.44. The zero-order valence-corrected chi connectivity index (χ0v) is 14.9. The number of thioether (sulfide) groups is 1. The van der Waals surface area contributed by atoms with Crippen molar-refractivity contribution in [3.8, 4) is 0 Å². The Morgan fingerprint density at radius 3 is 2.93 bits per heavy atom. The molecule has 1 fully saturated rings. The first-order valence-electron chi connectivity index (χ1n) is 8.09. The second-order valence-corrected chi connectivity index (χ2v) is 6.55. The zero-order chi connectivity index (χ0) is 19.2. The predicted octanol–water partition coefficient (Wildman–Crippen LogP) is 1.42. The highest BCUT2D eigenvalue weighted by atomic mass is 32.2. The first kappa shape index (κ1) is 18.8. The number of carbonyl (C=O) groups excluding carboxylic acids is 3. The van der Waals surface area contributed by atoms with Gasteiger partial charge in [-0.05, 0) is 12.1 Å². The maximum absolute atomic E-state index is 13.5. The number of benzene rings is 1. The zero-order valence-electron chi connectivity index (χ0n) is 14.1. The number of nitrogens with one attached hydrogen (secondary N) is 2. The monoisotopic (exact) mass is 393 g/mol. The van der Waals surface area contributed by atoms with E-state index in [2.05, 4.69) is 20.8 Å². The van der Waals surface area contributed by atoms with Crippen molar-refractivity contribution in [1.29, 1.82) is 0 Å². The third-order valence-corrected chi connectivity index (χ3v) is 4.48. The van der Waals surface area contributed by atoms with Gasteiger partial charge in [0.2, 0.25) is 17.7 Å². The molecule has 2 aromatic rings. The highest BCUT2D eigenvalue weighted by Crippen LogP contribution is 2.18. The second kappa shape index (κ2) is 8.62. The van der Waals surface area contributed by atoms with Gasteiger partial charge in [-0.15, -0.1) is 10.2 Å². The molecule has 0 atom stereocenters. The van der Waals surface area contributed by atoms with Crippen molar-refractivity contribution < 1.29 is 23.2 Å². The fraction of sp³-hybridized carbons (Fsp3) is 0.312. The highest BCUT2D eigenvalue weighted by molar-refractivity contribution is 7.99. The quantitative estimate of drug-likeness (QED) is 0.683. The molecule has 0 spiro atoms. The normalized spacial score (nSPS) is 14.2. The summed E-state index contributed by atoms with van der Waals surface area (Å²) in [5.41, 5.74) is 0.104. The van der Waals surface area contributed by atoms with Gasteiger partial charge in [-0.1, -0.05) is 23.9 Å². The topological polar surface area (TPSA) is 117 Å². The third kappa shape index (κ3) is 5.26. The molecule has 0 unspecified atom stereocenters. The van der Waals surface area contributed by atoms with E-state index in [-0.39, 0.29) is 29.0 Å². The van der Waals surface area contributed by atoms with Gasteiger partial charge in [-0.3, -0.25) is 14.9 Å². The molecule has 2 N–H and O–H groups in total. The van der Waals surface area contributed by atoms with E-state index in [0.717, 1.165) is 11.8 Å². The summed E-state index contributed by atoms with van der Waals surface area (Å²) in [6, 6.07) is 5.43. The number of nitrogens with zero attached hydrogens (tertiary/aromatic N) is 3. The van der Waals surface area contributed by atoms with Crippen LogP contribution in [0.2, 0.25) is 0 Å². The van der Waals surface area contributed by atoms with E-state index in [1.807, 2.05) is 0 Å². The van der Waals surface area contributed by atoms with Gasteiger partial charge in [0.05, 0.1) is 11.4 Å². The molecule has 0 saturated carbocycles. The Labute approximate surface area is 157 Å². The molecule has 11 heteroatoms. The van der Waals surface area contributed by atoms with Crippen LogP contribution < -0.4 is 10.6 Å². The van der Waals surface area contributed by atoms with Crippen LogP contribution in [-0.4, -0.2) is 51.8 Å². The van der Waals surface area contributed by atoms with Crippen LogP contribution in [0, 0.1) is 5.82 Å². The summed E-state index contributed by atoms with van der Waals surface area (Å²) in [4.78, 5) is 36.1. The van der Waals surface area contributed by atoms with E-state index in [4.69, 9.17) is 4.42 Å². The number of carbonyl (C=O) groups is 3. The number of aromatic nitrogens is 2. The molecule has 3 rings (SSSR count). The summed E-state index contributed by atoms with van der Waals surface area (Å²) in [6.07, 6.45) is 0.588. The van der Waals surface area contributed by atoms with Crippen molar-refractivity contribution in [1.82, 2.24) is 20.4 Å².